The second-order valence-corrected chi connectivity index (χ2v) is 9.56. The van der Waals surface area contributed by atoms with Crippen molar-refractivity contribution in [1.82, 2.24) is 4.90 Å². The molecule has 2 atom stereocenters. The fourth-order valence-corrected chi connectivity index (χ4v) is 3.34. The van der Waals surface area contributed by atoms with E-state index < -0.39 is 22.6 Å². The van der Waals surface area contributed by atoms with E-state index in [1.165, 1.54) is 11.0 Å². The van der Waals surface area contributed by atoms with E-state index in [1.54, 1.807) is 12.5 Å². The third-order valence-electron chi connectivity index (χ3n) is 4.11. The van der Waals surface area contributed by atoms with Crippen molar-refractivity contribution in [2.24, 2.45) is 0 Å². The summed E-state index contributed by atoms with van der Waals surface area (Å²) < 4.78 is 12.0. The standard InChI is InChI=1S/C14H29NO4S/c1-6-13(18)15(10-12(17)11-16)9-8-14(3,7-2)20(4,5)19/h6,12,16-17,20H,1,7-11H2,2-5H3. The topological polar surface area (TPSA) is 77.8 Å². The van der Waals surface area contributed by atoms with E-state index in [4.69, 9.17) is 5.11 Å². The summed E-state index contributed by atoms with van der Waals surface area (Å²) in [5, 5.41) is 18.4. The fourth-order valence-electron chi connectivity index (χ4n) is 1.94. The van der Waals surface area contributed by atoms with Gasteiger partial charge in [0.2, 0.25) is 5.91 Å². The summed E-state index contributed by atoms with van der Waals surface area (Å²) in [6.07, 6.45) is 5.09. The highest BCUT2D eigenvalue weighted by Crippen LogP contribution is 2.28. The van der Waals surface area contributed by atoms with Gasteiger partial charge in [0.05, 0.1) is 12.7 Å². The summed E-state index contributed by atoms with van der Waals surface area (Å²) in [5.41, 5.74) is 0. The van der Waals surface area contributed by atoms with Crippen LogP contribution in [0.4, 0.5) is 0 Å². The van der Waals surface area contributed by atoms with E-state index in [1.807, 2.05) is 13.8 Å². The lowest BCUT2D eigenvalue weighted by Gasteiger charge is -2.38. The number of amides is 1. The number of thiol groups is 1. The Hall–Kier alpha value is -0.720. The smallest absolute Gasteiger partial charge is 0.246 e. The molecule has 0 aliphatic heterocycles. The predicted molar refractivity (Wildman–Crippen MR) is 84.6 cm³/mol. The molecule has 0 aliphatic carbocycles. The molecule has 2 unspecified atom stereocenters. The van der Waals surface area contributed by atoms with Crippen molar-refractivity contribution < 1.29 is 19.2 Å². The Kier molecular flexibility index (Phi) is 7.62. The number of nitrogens with zero attached hydrogens (tertiary/aromatic N) is 1. The third-order valence-corrected chi connectivity index (χ3v) is 7.25. The maximum absolute atomic E-state index is 12.4. The molecule has 0 fully saturated rings. The highest BCUT2D eigenvalue weighted by atomic mass is 32.2. The number of aliphatic hydroxyl groups is 2. The minimum atomic E-state index is -2.30. The van der Waals surface area contributed by atoms with Gasteiger partial charge in [0.25, 0.3) is 0 Å². The number of rotatable bonds is 9. The van der Waals surface area contributed by atoms with E-state index >= 15 is 0 Å². The molecule has 0 aromatic rings. The minimum absolute atomic E-state index is 0.0544. The van der Waals surface area contributed by atoms with Crippen LogP contribution in [0.25, 0.3) is 0 Å². The van der Waals surface area contributed by atoms with Crippen LogP contribution >= 0.6 is 0 Å². The van der Waals surface area contributed by atoms with E-state index in [0.29, 0.717) is 13.0 Å². The van der Waals surface area contributed by atoms with Crippen LogP contribution in [0.1, 0.15) is 26.7 Å². The zero-order valence-corrected chi connectivity index (χ0v) is 13.9. The maximum Gasteiger partial charge on any atom is 0.246 e. The van der Waals surface area contributed by atoms with Crippen LogP contribution in [0.15, 0.2) is 12.7 Å². The SMILES string of the molecule is C=CC(=O)N(CCC(C)(CC)[SH](C)(C)=O)CC(O)CO. The van der Waals surface area contributed by atoms with Crippen LogP contribution in [0, 0.1) is 0 Å². The average Bonchev–Trinajstić information content (AvgIpc) is 2.40. The van der Waals surface area contributed by atoms with Crippen molar-refractivity contribution >= 4 is 15.8 Å². The van der Waals surface area contributed by atoms with Gasteiger partial charge in [-0.2, -0.15) is 0 Å². The first kappa shape index (κ1) is 19.3. The van der Waals surface area contributed by atoms with Crippen molar-refractivity contribution in [1.29, 1.82) is 0 Å². The first-order chi connectivity index (χ1) is 9.11. The predicted octanol–water partition coefficient (Wildman–Crippen LogP) is 0.189. The van der Waals surface area contributed by atoms with Crippen molar-refractivity contribution in [2.45, 2.75) is 37.5 Å². The molecule has 120 valence electrons. The van der Waals surface area contributed by atoms with Crippen molar-refractivity contribution in [3.63, 3.8) is 0 Å². The zero-order chi connectivity index (χ0) is 16.0. The molecule has 20 heavy (non-hydrogen) atoms. The monoisotopic (exact) mass is 307 g/mol. The first-order valence-electron chi connectivity index (χ1n) is 6.86. The molecule has 0 aromatic carbocycles. The normalized spacial score (nSPS) is 17.1. The van der Waals surface area contributed by atoms with E-state index in [9.17, 15) is 14.1 Å². The van der Waals surface area contributed by atoms with Gasteiger partial charge in [-0.05, 0) is 38.4 Å². The van der Waals surface area contributed by atoms with Gasteiger partial charge in [0.1, 0.15) is 0 Å². The lowest BCUT2D eigenvalue weighted by atomic mass is 10.0. The van der Waals surface area contributed by atoms with Gasteiger partial charge in [-0.25, -0.2) is 0 Å². The van der Waals surface area contributed by atoms with Gasteiger partial charge in [-0.3, -0.25) is 9.00 Å². The number of hydrogen-bond donors (Lipinski definition) is 3. The molecule has 0 radical (unpaired) electrons. The molecule has 2 N–H and O–H groups in total. The third kappa shape index (κ3) is 5.34. The van der Waals surface area contributed by atoms with Crippen LogP contribution in [0.3, 0.4) is 0 Å². The quantitative estimate of drug-likeness (QED) is 0.420. The van der Waals surface area contributed by atoms with Gasteiger partial charge >= 0.3 is 0 Å². The Bertz CT molecular complexity index is 379. The molecule has 0 saturated heterocycles. The number of carbonyl (C=O) groups excluding carboxylic acids is 1. The molecular formula is C14H29NO4S. The van der Waals surface area contributed by atoms with Crippen molar-refractivity contribution in [3.8, 4) is 0 Å². The molecule has 0 rings (SSSR count). The van der Waals surface area contributed by atoms with Crippen molar-refractivity contribution in [2.75, 3.05) is 32.2 Å². The van der Waals surface area contributed by atoms with Crippen LogP contribution in [0.2, 0.25) is 0 Å². The largest absolute Gasteiger partial charge is 0.394 e. The second kappa shape index (κ2) is 7.90. The van der Waals surface area contributed by atoms with Crippen molar-refractivity contribution in [3.05, 3.63) is 12.7 Å². The molecule has 1 amide bonds. The summed E-state index contributed by atoms with van der Waals surface area (Å²) in [4.78, 5) is 13.2. The lowest BCUT2D eigenvalue weighted by molar-refractivity contribution is -0.127. The fraction of sp³-hybridized carbons (Fsp3) is 0.786. The Morgan fingerprint density at radius 2 is 2.05 bits per heavy atom. The summed E-state index contributed by atoms with van der Waals surface area (Å²) in [5.74, 6) is -0.294. The van der Waals surface area contributed by atoms with Crippen LogP contribution in [-0.2, 0) is 14.7 Å². The minimum Gasteiger partial charge on any atom is -0.394 e. The van der Waals surface area contributed by atoms with E-state index in [2.05, 4.69) is 6.58 Å². The molecule has 0 aliphatic rings. The first-order valence-corrected chi connectivity index (χ1v) is 9.46. The Labute approximate surface area is 123 Å². The second-order valence-electron chi connectivity index (χ2n) is 5.78. The Morgan fingerprint density at radius 3 is 2.40 bits per heavy atom. The van der Waals surface area contributed by atoms with Gasteiger partial charge in [0.15, 0.2) is 0 Å². The van der Waals surface area contributed by atoms with E-state index in [0.717, 1.165) is 6.42 Å². The van der Waals surface area contributed by atoms with Gasteiger partial charge in [-0.15, -0.1) is 9.93 Å². The van der Waals surface area contributed by atoms with Gasteiger partial charge < -0.3 is 15.1 Å². The molecule has 0 bridgehead atoms. The summed E-state index contributed by atoms with van der Waals surface area (Å²) in [6.45, 7) is 7.44. The lowest BCUT2D eigenvalue weighted by Crippen LogP contribution is -2.45. The summed E-state index contributed by atoms with van der Waals surface area (Å²) in [7, 11) is -2.30. The molecule has 0 saturated carbocycles. The summed E-state index contributed by atoms with van der Waals surface area (Å²) in [6, 6.07) is 0. The molecule has 0 heterocycles. The molecule has 5 nitrogen and oxygen atoms in total. The van der Waals surface area contributed by atoms with Crippen LogP contribution < -0.4 is 0 Å². The molecule has 0 aromatic heterocycles. The van der Waals surface area contributed by atoms with Gasteiger partial charge in [-0.1, -0.05) is 13.5 Å². The zero-order valence-electron chi connectivity index (χ0n) is 13.0. The summed E-state index contributed by atoms with van der Waals surface area (Å²) >= 11 is 0. The highest BCUT2D eigenvalue weighted by molar-refractivity contribution is 8.03. The Balaban J connectivity index is 4.87. The van der Waals surface area contributed by atoms with Crippen LogP contribution in [-0.4, -0.2) is 68.3 Å². The Morgan fingerprint density at radius 1 is 1.50 bits per heavy atom. The molecule has 6 heteroatoms. The number of hydrogen-bond acceptors (Lipinski definition) is 4. The van der Waals surface area contributed by atoms with Gasteiger partial charge in [0, 0.05) is 17.8 Å². The highest BCUT2D eigenvalue weighted by Gasteiger charge is 2.32. The van der Waals surface area contributed by atoms with Crippen LogP contribution in [0.5, 0.6) is 0 Å². The number of aliphatic hydroxyl groups excluding tert-OH is 2. The maximum atomic E-state index is 12.4. The molecule has 0 spiro atoms. The molecular weight excluding hydrogens is 278 g/mol. The van der Waals surface area contributed by atoms with E-state index in [-0.39, 0.29) is 17.2 Å². The average molecular weight is 307 g/mol. The number of carbonyl (C=O) groups is 1.